The van der Waals surface area contributed by atoms with Crippen LogP contribution in [0.3, 0.4) is 0 Å². The molecule has 2 bridgehead atoms. The van der Waals surface area contributed by atoms with E-state index in [2.05, 4.69) is 17.1 Å². The van der Waals surface area contributed by atoms with E-state index in [1.165, 1.54) is 51.5 Å². The van der Waals surface area contributed by atoms with E-state index in [-0.39, 0.29) is 0 Å². The maximum atomic E-state index is 3.66. The average Bonchev–Trinajstić information content (AvgIpc) is 3.05. The van der Waals surface area contributed by atoms with Crippen LogP contribution in [-0.4, -0.2) is 36.1 Å². The third-order valence-corrected chi connectivity index (χ3v) is 4.87. The molecular formula is C14H26N2. The van der Waals surface area contributed by atoms with Gasteiger partial charge in [-0.15, -0.1) is 0 Å². The molecule has 16 heavy (non-hydrogen) atoms. The molecule has 2 saturated heterocycles. The second-order valence-electron chi connectivity index (χ2n) is 6.08. The number of piperidine rings is 1. The van der Waals surface area contributed by atoms with Crippen LogP contribution in [-0.2, 0) is 0 Å². The fraction of sp³-hybridized carbons (Fsp3) is 1.00. The second-order valence-corrected chi connectivity index (χ2v) is 6.08. The summed E-state index contributed by atoms with van der Waals surface area (Å²) in [5.41, 5.74) is 0. The van der Waals surface area contributed by atoms with Crippen molar-refractivity contribution in [1.29, 1.82) is 0 Å². The van der Waals surface area contributed by atoms with Crippen LogP contribution in [0.1, 0.15) is 51.9 Å². The summed E-state index contributed by atoms with van der Waals surface area (Å²) in [4.78, 5) is 2.85. The zero-order valence-corrected chi connectivity index (χ0v) is 10.6. The van der Waals surface area contributed by atoms with Crippen molar-refractivity contribution in [3.8, 4) is 0 Å². The highest BCUT2D eigenvalue weighted by molar-refractivity contribution is 4.97. The normalized spacial score (nSPS) is 39.2. The number of rotatable bonds is 5. The fourth-order valence-corrected chi connectivity index (χ4v) is 3.83. The lowest BCUT2D eigenvalue weighted by molar-refractivity contribution is 0.114. The lowest BCUT2D eigenvalue weighted by atomic mass is 9.97. The topological polar surface area (TPSA) is 15.3 Å². The van der Waals surface area contributed by atoms with E-state index in [9.17, 15) is 0 Å². The van der Waals surface area contributed by atoms with Crippen molar-refractivity contribution in [1.82, 2.24) is 10.2 Å². The van der Waals surface area contributed by atoms with Crippen molar-refractivity contribution in [2.75, 3.05) is 13.1 Å². The Kier molecular flexibility index (Phi) is 3.21. The first-order valence-corrected chi connectivity index (χ1v) is 7.36. The van der Waals surface area contributed by atoms with Crippen molar-refractivity contribution in [2.45, 2.75) is 70.0 Å². The minimum Gasteiger partial charge on any atom is -0.314 e. The van der Waals surface area contributed by atoms with E-state index in [1.54, 1.807) is 0 Å². The Morgan fingerprint density at radius 3 is 2.31 bits per heavy atom. The maximum Gasteiger partial charge on any atom is 0.0114 e. The molecule has 1 aliphatic carbocycles. The van der Waals surface area contributed by atoms with Crippen LogP contribution < -0.4 is 5.32 Å². The number of hydrogen-bond donors (Lipinski definition) is 1. The minimum atomic E-state index is 0.819. The molecule has 1 N–H and O–H groups in total. The van der Waals surface area contributed by atoms with Gasteiger partial charge in [-0.2, -0.15) is 0 Å². The summed E-state index contributed by atoms with van der Waals surface area (Å²) in [7, 11) is 0. The molecule has 0 spiro atoms. The van der Waals surface area contributed by atoms with Gasteiger partial charge in [-0.3, -0.25) is 4.90 Å². The summed E-state index contributed by atoms with van der Waals surface area (Å²) >= 11 is 0. The summed E-state index contributed by atoms with van der Waals surface area (Å²) in [5.74, 6) is 1.10. The Balaban J connectivity index is 1.52. The molecule has 0 aromatic carbocycles. The Morgan fingerprint density at radius 2 is 1.75 bits per heavy atom. The lowest BCUT2D eigenvalue weighted by Crippen LogP contribution is -2.49. The van der Waals surface area contributed by atoms with Crippen LogP contribution in [0.25, 0.3) is 0 Å². The van der Waals surface area contributed by atoms with E-state index in [4.69, 9.17) is 0 Å². The van der Waals surface area contributed by atoms with Crippen molar-refractivity contribution in [3.63, 3.8) is 0 Å². The quantitative estimate of drug-likeness (QED) is 0.768. The first kappa shape index (κ1) is 11.0. The van der Waals surface area contributed by atoms with Gasteiger partial charge < -0.3 is 5.32 Å². The van der Waals surface area contributed by atoms with E-state index in [0.717, 1.165) is 30.6 Å². The van der Waals surface area contributed by atoms with Gasteiger partial charge in [0, 0.05) is 18.1 Å². The van der Waals surface area contributed by atoms with Crippen LogP contribution in [0.15, 0.2) is 0 Å². The van der Waals surface area contributed by atoms with Gasteiger partial charge in [-0.05, 0) is 51.1 Å². The van der Waals surface area contributed by atoms with Gasteiger partial charge in [-0.25, -0.2) is 0 Å². The predicted octanol–water partition coefficient (Wildman–Crippen LogP) is 2.39. The van der Waals surface area contributed by atoms with Crippen molar-refractivity contribution in [2.24, 2.45) is 5.92 Å². The summed E-state index contributed by atoms with van der Waals surface area (Å²) in [5, 5.41) is 3.66. The highest BCUT2D eigenvalue weighted by Crippen LogP contribution is 2.38. The van der Waals surface area contributed by atoms with Crippen LogP contribution in [0, 0.1) is 5.92 Å². The molecule has 2 heterocycles. The highest BCUT2D eigenvalue weighted by Gasteiger charge is 2.40. The number of fused-ring (bicyclic) bond motifs is 2. The van der Waals surface area contributed by atoms with Crippen molar-refractivity contribution >= 4 is 0 Å². The molecule has 92 valence electrons. The predicted molar refractivity (Wildman–Crippen MR) is 67.6 cm³/mol. The highest BCUT2D eigenvalue weighted by atomic mass is 15.2. The largest absolute Gasteiger partial charge is 0.314 e. The Labute approximate surface area is 99.8 Å². The number of hydrogen-bond acceptors (Lipinski definition) is 2. The summed E-state index contributed by atoms with van der Waals surface area (Å²) in [6.07, 6.45) is 10.3. The van der Waals surface area contributed by atoms with E-state index >= 15 is 0 Å². The molecule has 0 amide bonds. The first-order valence-electron chi connectivity index (χ1n) is 7.36. The molecule has 1 saturated carbocycles. The molecule has 0 aromatic rings. The average molecular weight is 222 g/mol. The monoisotopic (exact) mass is 222 g/mol. The van der Waals surface area contributed by atoms with Gasteiger partial charge in [0.25, 0.3) is 0 Å². The minimum absolute atomic E-state index is 0.819. The molecule has 3 rings (SSSR count). The van der Waals surface area contributed by atoms with Crippen LogP contribution in [0.2, 0.25) is 0 Å². The molecule has 3 fully saturated rings. The van der Waals surface area contributed by atoms with E-state index in [1.807, 2.05) is 0 Å². The molecule has 2 unspecified atom stereocenters. The Hall–Kier alpha value is -0.0800. The van der Waals surface area contributed by atoms with Crippen molar-refractivity contribution < 1.29 is 0 Å². The van der Waals surface area contributed by atoms with Crippen LogP contribution in [0.5, 0.6) is 0 Å². The van der Waals surface area contributed by atoms with Gasteiger partial charge in [-0.1, -0.05) is 19.8 Å². The van der Waals surface area contributed by atoms with Crippen LogP contribution >= 0.6 is 0 Å². The molecule has 0 radical (unpaired) electrons. The van der Waals surface area contributed by atoms with E-state index < -0.39 is 0 Å². The molecule has 2 heteroatoms. The smallest absolute Gasteiger partial charge is 0.0114 e. The zero-order valence-electron chi connectivity index (χ0n) is 10.6. The third-order valence-electron chi connectivity index (χ3n) is 4.87. The maximum absolute atomic E-state index is 3.66. The summed E-state index contributed by atoms with van der Waals surface area (Å²) < 4.78 is 0. The lowest BCUT2D eigenvalue weighted by Gasteiger charge is -2.39. The Bertz CT molecular complexity index is 223. The number of nitrogens with zero attached hydrogens (tertiary/aromatic N) is 1. The van der Waals surface area contributed by atoms with Crippen LogP contribution in [0.4, 0.5) is 0 Å². The summed E-state index contributed by atoms with van der Waals surface area (Å²) in [6.45, 7) is 4.78. The van der Waals surface area contributed by atoms with Gasteiger partial charge in [0.2, 0.25) is 0 Å². The van der Waals surface area contributed by atoms with Crippen molar-refractivity contribution in [3.05, 3.63) is 0 Å². The van der Waals surface area contributed by atoms with Gasteiger partial charge in [0.05, 0.1) is 0 Å². The number of nitrogens with one attached hydrogen (secondary N) is 1. The first-order chi connectivity index (χ1) is 7.86. The van der Waals surface area contributed by atoms with Gasteiger partial charge >= 0.3 is 0 Å². The SMILES string of the molecule is CCNC1CC2CCC(C1)N2CCC1CC1. The second kappa shape index (κ2) is 4.66. The molecule has 2 atom stereocenters. The third kappa shape index (κ3) is 2.28. The molecular weight excluding hydrogens is 196 g/mol. The Morgan fingerprint density at radius 1 is 1.06 bits per heavy atom. The molecule has 0 aromatic heterocycles. The molecule has 3 aliphatic rings. The fourth-order valence-electron chi connectivity index (χ4n) is 3.83. The molecule has 2 nitrogen and oxygen atoms in total. The van der Waals surface area contributed by atoms with Gasteiger partial charge in [0.1, 0.15) is 0 Å². The van der Waals surface area contributed by atoms with Gasteiger partial charge in [0.15, 0.2) is 0 Å². The summed E-state index contributed by atoms with van der Waals surface area (Å²) in [6, 6.07) is 2.66. The standard InChI is InChI=1S/C14H26N2/c1-2-15-12-9-13-5-6-14(10-12)16(13)8-7-11-3-4-11/h11-15H,2-10H2,1H3. The zero-order chi connectivity index (χ0) is 11.0. The van der Waals surface area contributed by atoms with E-state index in [0.29, 0.717) is 0 Å². The molecule has 2 aliphatic heterocycles.